The largest absolute Gasteiger partial charge is 0.462 e. The van der Waals surface area contributed by atoms with Crippen LogP contribution in [0.25, 0.3) is 0 Å². The summed E-state index contributed by atoms with van der Waals surface area (Å²) in [6.45, 7) is 2.00. The van der Waals surface area contributed by atoms with Crippen molar-refractivity contribution in [3.63, 3.8) is 0 Å². The van der Waals surface area contributed by atoms with E-state index in [1.807, 2.05) is 0 Å². The van der Waals surface area contributed by atoms with Crippen LogP contribution in [0.2, 0.25) is 0 Å². The zero-order chi connectivity index (χ0) is 7.11. The smallest absolute Gasteiger partial charge is 0.339 e. The van der Waals surface area contributed by atoms with Gasteiger partial charge in [-0.2, -0.15) is 5.26 Å². The van der Waals surface area contributed by atoms with Crippen molar-refractivity contribution in [2.45, 2.75) is 6.92 Å². The van der Waals surface area contributed by atoms with E-state index in [9.17, 15) is 4.79 Å². The Bertz CT molecular complexity index is 155. The first-order valence-corrected chi connectivity index (χ1v) is 2.45. The summed E-state index contributed by atoms with van der Waals surface area (Å²) in [7, 11) is 0. The predicted molar refractivity (Wildman–Crippen MR) is 30.1 cm³/mol. The maximum absolute atomic E-state index is 10.3. The maximum atomic E-state index is 10.3. The molecule has 0 rings (SSSR count). The number of ether oxygens (including phenoxy) is 1. The highest BCUT2D eigenvalue weighted by Crippen LogP contribution is 1.77. The van der Waals surface area contributed by atoms with Crippen molar-refractivity contribution >= 4 is 5.97 Å². The van der Waals surface area contributed by atoms with Crippen molar-refractivity contribution in [3.8, 4) is 6.07 Å². The van der Waals surface area contributed by atoms with Crippen molar-refractivity contribution in [2.75, 3.05) is 6.61 Å². The van der Waals surface area contributed by atoms with E-state index in [1.165, 1.54) is 0 Å². The summed E-state index contributed by atoms with van der Waals surface area (Å²) in [6.07, 6.45) is 3.04. The summed E-state index contributed by atoms with van der Waals surface area (Å²) in [5.41, 5.74) is 0. The molecular formula is C6H6NO2. The normalized spacial score (nSPS) is 8.89. The molecule has 0 aromatic heterocycles. The van der Waals surface area contributed by atoms with Crippen LogP contribution in [0.3, 0.4) is 0 Å². The minimum absolute atomic E-state index is 0.311. The summed E-state index contributed by atoms with van der Waals surface area (Å²) >= 11 is 0. The van der Waals surface area contributed by atoms with Crippen LogP contribution < -0.4 is 0 Å². The minimum Gasteiger partial charge on any atom is -0.462 e. The third-order valence-electron chi connectivity index (χ3n) is 0.530. The van der Waals surface area contributed by atoms with Gasteiger partial charge in [0.1, 0.15) is 0 Å². The van der Waals surface area contributed by atoms with Gasteiger partial charge in [0.05, 0.1) is 18.8 Å². The molecule has 0 atom stereocenters. The average molecular weight is 124 g/mol. The van der Waals surface area contributed by atoms with Gasteiger partial charge in [-0.25, -0.2) is 4.79 Å². The quantitative estimate of drug-likeness (QED) is 0.305. The third kappa shape index (κ3) is 4.56. The van der Waals surface area contributed by atoms with Crippen LogP contribution in [-0.4, -0.2) is 12.6 Å². The van der Waals surface area contributed by atoms with E-state index >= 15 is 0 Å². The average Bonchev–Trinajstić information content (AvgIpc) is 1.85. The van der Waals surface area contributed by atoms with Crippen LogP contribution >= 0.6 is 0 Å². The number of carbonyl (C=O) groups is 1. The highest BCUT2D eigenvalue weighted by Gasteiger charge is 1.91. The van der Waals surface area contributed by atoms with Gasteiger partial charge in [0.2, 0.25) is 0 Å². The summed E-state index contributed by atoms with van der Waals surface area (Å²) in [5, 5.41) is 7.91. The highest BCUT2D eigenvalue weighted by molar-refractivity contribution is 5.77. The molecule has 0 aromatic carbocycles. The molecule has 3 nitrogen and oxygen atoms in total. The van der Waals surface area contributed by atoms with E-state index < -0.39 is 5.97 Å². The van der Waals surface area contributed by atoms with Gasteiger partial charge in [-0.05, 0) is 6.92 Å². The zero-order valence-electron chi connectivity index (χ0n) is 5.05. The van der Waals surface area contributed by atoms with Gasteiger partial charge in [0.15, 0.2) is 0 Å². The lowest BCUT2D eigenvalue weighted by Crippen LogP contribution is -1.99. The Hall–Kier alpha value is -1.30. The maximum Gasteiger partial charge on any atom is 0.339 e. The second-order valence-corrected chi connectivity index (χ2v) is 1.14. The lowest BCUT2D eigenvalue weighted by molar-refractivity contribution is -0.138. The standard InChI is InChI=1S/C6H6NO2/c1-2-9-6(8)4-3-5-7/h3H,2H2,1H3. The molecule has 0 bridgehead atoms. The second kappa shape index (κ2) is 4.85. The van der Waals surface area contributed by atoms with Gasteiger partial charge in [-0.1, -0.05) is 0 Å². The number of rotatable bonds is 2. The Morgan fingerprint density at radius 2 is 2.56 bits per heavy atom. The first-order chi connectivity index (χ1) is 4.31. The topological polar surface area (TPSA) is 50.1 Å². The molecule has 0 spiro atoms. The van der Waals surface area contributed by atoms with Gasteiger partial charge >= 0.3 is 5.97 Å². The van der Waals surface area contributed by atoms with Crippen LogP contribution in [0.4, 0.5) is 0 Å². The molecule has 0 aliphatic rings. The summed E-state index contributed by atoms with van der Waals surface area (Å²) in [4.78, 5) is 10.3. The highest BCUT2D eigenvalue weighted by atomic mass is 16.5. The fourth-order valence-corrected chi connectivity index (χ4v) is 0.264. The summed E-state index contributed by atoms with van der Waals surface area (Å²) in [5.74, 6) is -0.598. The number of hydrogen-bond donors (Lipinski definition) is 0. The van der Waals surface area contributed by atoms with Gasteiger partial charge < -0.3 is 4.74 Å². The second-order valence-electron chi connectivity index (χ2n) is 1.14. The van der Waals surface area contributed by atoms with E-state index in [0.29, 0.717) is 6.61 Å². The molecule has 3 heteroatoms. The van der Waals surface area contributed by atoms with E-state index in [1.54, 1.807) is 13.0 Å². The lowest BCUT2D eigenvalue weighted by atomic mass is 10.5. The molecule has 0 aliphatic heterocycles. The number of esters is 1. The predicted octanol–water partition coefficient (Wildman–Crippen LogP) is 0.432. The summed E-state index contributed by atoms with van der Waals surface area (Å²) in [6, 6.07) is 1.62. The first kappa shape index (κ1) is 7.70. The molecule has 0 saturated carbocycles. The Morgan fingerprint density at radius 1 is 1.89 bits per heavy atom. The molecule has 0 amide bonds. The molecule has 0 heterocycles. The third-order valence-corrected chi connectivity index (χ3v) is 0.530. The molecule has 0 saturated heterocycles. The van der Waals surface area contributed by atoms with Gasteiger partial charge in [-0.15, -0.1) is 0 Å². The SMILES string of the molecule is CCOC(=O)/[C]=C/C#N. The van der Waals surface area contributed by atoms with E-state index in [4.69, 9.17) is 5.26 Å². The zero-order valence-corrected chi connectivity index (χ0v) is 5.05. The van der Waals surface area contributed by atoms with Gasteiger partial charge in [0.25, 0.3) is 0 Å². The fraction of sp³-hybridized carbons (Fsp3) is 0.333. The van der Waals surface area contributed by atoms with Crippen molar-refractivity contribution in [2.24, 2.45) is 0 Å². The molecule has 0 aliphatic carbocycles. The Labute approximate surface area is 53.5 Å². The number of nitrogens with zero attached hydrogens (tertiary/aromatic N) is 1. The Morgan fingerprint density at radius 3 is 3.00 bits per heavy atom. The van der Waals surface area contributed by atoms with E-state index in [-0.39, 0.29) is 0 Å². The molecule has 47 valence electrons. The molecule has 1 radical (unpaired) electrons. The molecular weight excluding hydrogens is 118 g/mol. The number of carbonyl (C=O) groups excluding carboxylic acids is 1. The summed E-state index contributed by atoms with van der Waals surface area (Å²) < 4.78 is 4.41. The number of hydrogen-bond acceptors (Lipinski definition) is 3. The first-order valence-electron chi connectivity index (χ1n) is 2.45. The van der Waals surface area contributed by atoms with E-state index in [0.717, 1.165) is 6.08 Å². The van der Waals surface area contributed by atoms with Crippen LogP contribution in [-0.2, 0) is 9.53 Å². The molecule has 0 aromatic rings. The number of allylic oxidation sites excluding steroid dienone is 1. The lowest BCUT2D eigenvalue weighted by Gasteiger charge is -1.90. The van der Waals surface area contributed by atoms with Gasteiger partial charge in [-0.3, -0.25) is 0 Å². The molecule has 0 unspecified atom stereocenters. The van der Waals surface area contributed by atoms with Crippen molar-refractivity contribution < 1.29 is 9.53 Å². The van der Waals surface area contributed by atoms with Crippen molar-refractivity contribution in [1.82, 2.24) is 0 Å². The van der Waals surface area contributed by atoms with Crippen molar-refractivity contribution in [1.29, 1.82) is 5.26 Å². The minimum atomic E-state index is -0.598. The molecule has 0 N–H and O–H groups in total. The molecule has 0 fully saturated rings. The van der Waals surface area contributed by atoms with Crippen LogP contribution in [0.15, 0.2) is 6.08 Å². The monoisotopic (exact) mass is 124 g/mol. The van der Waals surface area contributed by atoms with Gasteiger partial charge in [0, 0.05) is 6.08 Å². The Kier molecular flexibility index (Phi) is 4.15. The van der Waals surface area contributed by atoms with Crippen LogP contribution in [0.5, 0.6) is 0 Å². The van der Waals surface area contributed by atoms with Crippen LogP contribution in [0, 0.1) is 17.4 Å². The fourth-order valence-electron chi connectivity index (χ4n) is 0.264. The van der Waals surface area contributed by atoms with Crippen LogP contribution in [0.1, 0.15) is 6.92 Å². The number of nitriles is 1. The Balaban J connectivity index is 3.53. The van der Waals surface area contributed by atoms with Crippen molar-refractivity contribution in [3.05, 3.63) is 12.2 Å². The molecule has 9 heavy (non-hydrogen) atoms. The van der Waals surface area contributed by atoms with E-state index in [2.05, 4.69) is 10.8 Å².